The second-order valence-electron chi connectivity index (χ2n) is 8.34. The Hall–Kier alpha value is -1.85. The van der Waals surface area contributed by atoms with Crippen LogP contribution < -0.4 is 0 Å². The van der Waals surface area contributed by atoms with Crippen LogP contribution in [0.2, 0.25) is 0 Å². The molecule has 3 aliphatic rings. The molecule has 0 bridgehead atoms. The molecule has 6 nitrogen and oxygen atoms in total. The summed E-state index contributed by atoms with van der Waals surface area (Å²) in [4.78, 5) is 35.0. The monoisotopic (exact) mass is 378 g/mol. The third kappa shape index (κ3) is 4.19. The SMILES string of the molecule is CC(=O)OC1(C2CC=CCC2C2(OC(=O)CC(=O)O)CCCC2)CCCC1. The van der Waals surface area contributed by atoms with E-state index in [1.165, 1.54) is 6.92 Å². The van der Waals surface area contributed by atoms with Gasteiger partial charge in [0.15, 0.2) is 0 Å². The predicted molar refractivity (Wildman–Crippen MR) is 97.9 cm³/mol. The number of ether oxygens (including phenoxy) is 2. The Morgan fingerprint density at radius 1 is 0.889 bits per heavy atom. The molecule has 0 saturated heterocycles. The predicted octanol–water partition coefficient (Wildman–Crippen LogP) is 3.78. The summed E-state index contributed by atoms with van der Waals surface area (Å²) in [6, 6.07) is 0. The van der Waals surface area contributed by atoms with Crippen molar-refractivity contribution in [1.82, 2.24) is 0 Å². The third-order valence-corrected chi connectivity index (χ3v) is 6.64. The zero-order valence-electron chi connectivity index (χ0n) is 16.1. The van der Waals surface area contributed by atoms with E-state index in [9.17, 15) is 14.4 Å². The van der Waals surface area contributed by atoms with E-state index in [1.54, 1.807) is 0 Å². The van der Waals surface area contributed by atoms with E-state index in [2.05, 4.69) is 12.2 Å². The first-order valence-corrected chi connectivity index (χ1v) is 10.2. The van der Waals surface area contributed by atoms with Crippen molar-refractivity contribution >= 4 is 17.9 Å². The summed E-state index contributed by atoms with van der Waals surface area (Å²) >= 11 is 0. The molecule has 0 aromatic heterocycles. The Morgan fingerprint density at radius 3 is 1.74 bits per heavy atom. The molecular weight excluding hydrogens is 348 g/mol. The van der Waals surface area contributed by atoms with Gasteiger partial charge in [0.05, 0.1) is 0 Å². The van der Waals surface area contributed by atoms with Gasteiger partial charge in [0.2, 0.25) is 0 Å². The molecular formula is C21H30O6. The molecule has 6 heteroatoms. The Labute approximate surface area is 160 Å². The van der Waals surface area contributed by atoms with Crippen LogP contribution in [0.15, 0.2) is 12.2 Å². The van der Waals surface area contributed by atoms with Gasteiger partial charge in [-0.2, -0.15) is 0 Å². The molecule has 150 valence electrons. The number of aliphatic carboxylic acids is 1. The van der Waals surface area contributed by atoms with Gasteiger partial charge in [-0.1, -0.05) is 12.2 Å². The maximum atomic E-state index is 12.2. The smallest absolute Gasteiger partial charge is 0.317 e. The van der Waals surface area contributed by atoms with Crippen molar-refractivity contribution in [2.45, 2.75) is 88.8 Å². The molecule has 0 spiro atoms. The fraction of sp³-hybridized carbons (Fsp3) is 0.762. The van der Waals surface area contributed by atoms with E-state index in [4.69, 9.17) is 14.6 Å². The maximum Gasteiger partial charge on any atom is 0.317 e. The summed E-state index contributed by atoms with van der Waals surface area (Å²) in [6.45, 7) is 1.46. The van der Waals surface area contributed by atoms with E-state index >= 15 is 0 Å². The van der Waals surface area contributed by atoms with Gasteiger partial charge in [-0.15, -0.1) is 0 Å². The fourth-order valence-corrected chi connectivity index (χ4v) is 5.69. The lowest BCUT2D eigenvalue weighted by Gasteiger charge is -2.48. The van der Waals surface area contributed by atoms with Gasteiger partial charge in [0.25, 0.3) is 0 Å². The van der Waals surface area contributed by atoms with Crippen molar-refractivity contribution in [1.29, 1.82) is 0 Å². The number of carbonyl (C=O) groups is 3. The molecule has 3 aliphatic carbocycles. The lowest BCUT2D eigenvalue weighted by atomic mass is 9.64. The van der Waals surface area contributed by atoms with E-state index in [-0.39, 0.29) is 17.8 Å². The fourth-order valence-electron chi connectivity index (χ4n) is 5.69. The summed E-state index contributed by atoms with van der Waals surface area (Å²) in [6.07, 6.45) is 12.4. The van der Waals surface area contributed by atoms with Gasteiger partial charge in [0, 0.05) is 18.8 Å². The van der Waals surface area contributed by atoms with Crippen molar-refractivity contribution in [3.05, 3.63) is 12.2 Å². The first kappa shape index (κ1) is 19.9. The van der Waals surface area contributed by atoms with Gasteiger partial charge < -0.3 is 14.6 Å². The highest BCUT2D eigenvalue weighted by Gasteiger charge is 2.55. The number of hydrogen-bond acceptors (Lipinski definition) is 5. The zero-order chi connectivity index (χ0) is 19.5. The molecule has 2 saturated carbocycles. The number of rotatable bonds is 6. The normalized spacial score (nSPS) is 28.6. The van der Waals surface area contributed by atoms with Crippen LogP contribution in [0.1, 0.15) is 77.6 Å². The zero-order valence-corrected chi connectivity index (χ0v) is 16.1. The molecule has 0 aromatic carbocycles. The number of esters is 2. The summed E-state index contributed by atoms with van der Waals surface area (Å²) in [5.74, 6) is -1.93. The van der Waals surface area contributed by atoms with E-state index < -0.39 is 29.6 Å². The molecule has 0 aromatic rings. The Bertz CT molecular complexity index is 610. The molecule has 2 atom stereocenters. The van der Waals surface area contributed by atoms with Crippen LogP contribution in [0.25, 0.3) is 0 Å². The number of carboxylic acid groups (broad SMARTS) is 1. The summed E-state index contributed by atoms with van der Waals surface area (Å²) in [5, 5.41) is 8.95. The van der Waals surface area contributed by atoms with Crippen molar-refractivity contribution in [3.8, 4) is 0 Å². The highest BCUT2D eigenvalue weighted by molar-refractivity contribution is 5.90. The van der Waals surface area contributed by atoms with Crippen LogP contribution in [-0.2, 0) is 23.9 Å². The van der Waals surface area contributed by atoms with Crippen LogP contribution >= 0.6 is 0 Å². The summed E-state index contributed by atoms with van der Waals surface area (Å²) < 4.78 is 11.8. The molecule has 2 fully saturated rings. The molecule has 0 radical (unpaired) electrons. The lowest BCUT2D eigenvalue weighted by molar-refractivity contribution is -0.187. The summed E-state index contributed by atoms with van der Waals surface area (Å²) in [5.41, 5.74) is -1.13. The molecule has 3 rings (SSSR count). The number of hydrogen-bond donors (Lipinski definition) is 1. The largest absolute Gasteiger partial charge is 0.481 e. The van der Waals surface area contributed by atoms with E-state index in [1.807, 2.05) is 0 Å². The Balaban J connectivity index is 1.90. The highest BCUT2D eigenvalue weighted by atomic mass is 16.6. The average molecular weight is 378 g/mol. The third-order valence-electron chi connectivity index (χ3n) is 6.64. The lowest BCUT2D eigenvalue weighted by Crippen LogP contribution is -2.52. The van der Waals surface area contributed by atoms with Gasteiger partial charge in [-0.05, 0) is 64.2 Å². The molecule has 2 unspecified atom stereocenters. The van der Waals surface area contributed by atoms with Crippen molar-refractivity contribution in [3.63, 3.8) is 0 Å². The number of allylic oxidation sites excluding steroid dienone is 2. The minimum atomic E-state index is -1.17. The van der Waals surface area contributed by atoms with Crippen LogP contribution in [0, 0.1) is 11.8 Å². The van der Waals surface area contributed by atoms with E-state index in [0.29, 0.717) is 0 Å². The summed E-state index contributed by atoms with van der Waals surface area (Å²) in [7, 11) is 0. The first-order chi connectivity index (χ1) is 12.9. The van der Waals surface area contributed by atoms with Crippen LogP contribution in [-0.4, -0.2) is 34.2 Å². The number of carboxylic acids is 1. The quantitative estimate of drug-likeness (QED) is 0.430. The molecule has 1 N–H and O–H groups in total. The van der Waals surface area contributed by atoms with Gasteiger partial charge in [-0.3, -0.25) is 14.4 Å². The molecule has 27 heavy (non-hydrogen) atoms. The molecule has 0 aliphatic heterocycles. The Morgan fingerprint density at radius 2 is 1.33 bits per heavy atom. The van der Waals surface area contributed by atoms with Crippen LogP contribution in [0.3, 0.4) is 0 Å². The second kappa shape index (κ2) is 8.03. The van der Waals surface area contributed by atoms with Gasteiger partial charge in [-0.25, -0.2) is 0 Å². The first-order valence-electron chi connectivity index (χ1n) is 10.2. The van der Waals surface area contributed by atoms with Crippen LogP contribution in [0.5, 0.6) is 0 Å². The second-order valence-corrected chi connectivity index (χ2v) is 8.34. The van der Waals surface area contributed by atoms with Gasteiger partial charge >= 0.3 is 17.9 Å². The topological polar surface area (TPSA) is 89.9 Å². The van der Waals surface area contributed by atoms with Crippen molar-refractivity contribution in [2.24, 2.45) is 11.8 Å². The minimum absolute atomic E-state index is 0.0557. The Kier molecular flexibility index (Phi) is 5.92. The number of carbonyl (C=O) groups excluding carboxylic acids is 2. The molecule has 0 heterocycles. The molecule has 0 amide bonds. The van der Waals surface area contributed by atoms with Crippen molar-refractivity contribution in [2.75, 3.05) is 0 Å². The average Bonchev–Trinajstić information content (AvgIpc) is 3.24. The minimum Gasteiger partial charge on any atom is -0.481 e. The van der Waals surface area contributed by atoms with Gasteiger partial charge in [0.1, 0.15) is 17.6 Å². The van der Waals surface area contributed by atoms with Crippen molar-refractivity contribution < 1.29 is 29.0 Å². The van der Waals surface area contributed by atoms with E-state index in [0.717, 1.165) is 64.2 Å². The van der Waals surface area contributed by atoms with Crippen LogP contribution in [0.4, 0.5) is 0 Å². The standard InChI is InChI=1S/C21H30O6/c1-15(22)26-20(10-4-5-11-20)16-8-2-3-9-17(16)21(12-6-7-13-21)27-19(25)14-18(23)24/h2-3,16-17H,4-14H2,1H3,(H,23,24). The highest BCUT2D eigenvalue weighted by Crippen LogP contribution is 2.54. The maximum absolute atomic E-state index is 12.2.